The molecule has 0 aliphatic carbocycles. The molecule has 0 aliphatic rings. The van der Waals surface area contributed by atoms with Crippen LogP contribution in [0.4, 0.5) is 4.79 Å². The Kier molecular flexibility index (Phi) is 5.32. The van der Waals surface area contributed by atoms with Crippen LogP contribution in [-0.2, 0) is 14.6 Å². The van der Waals surface area contributed by atoms with Crippen molar-refractivity contribution in [2.24, 2.45) is 0 Å². The van der Waals surface area contributed by atoms with E-state index in [9.17, 15) is 9.59 Å². The minimum absolute atomic E-state index is 0.0244. The van der Waals surface area contributed by atoms with Crippen LogP contribution in [0.2, 0.25) is 0 Å². The number of carbonyl (C=O) groups excluding carboxylic acids is 2. The first kappa shape index (κ1) is 17.8. The van der Waals surface area contributed by atoms with E-state index in [-0.39, 0.29) is 16.9 Å². The van der Waals surface area contributed by atoms with Crippen LogP contribution in [0.25, 0.3) is 11.0 Å². The molecule has 0 N–H and O–H groups in total. The summed E-state index contributed by atoms with van der Waals surface area (Å²) in [5.41, 5.74) is 0.245. The Morgan fingerprint density at radius 3 is 2.61 bits per heavy atom. The molecule has 0 amide bonds. The highest BCUT2D eigenvalue weighted by atomic mass is 79.9. The smallest absolute Gasteiger partial charge is 0.460 e. The number of ether oxygens (including phenoxy) is 2. The van der Waals surface area contributed by atoms with Crippen LogP contribution in [0, 0.1) is 0 Å². The highest BCUT2D eigenvalue weighted by Gasteiger charge is 2.27. The van der Waals surface area contributed by atoms with Crippen LogP contribution in [0.15, 0.2) is 22.8 Å². The molecule has 2 aromatic rings. The molecule has 6 nitrogen and oxygen atoms in total. The van der Waals surface area contributed by atoms with Gasteiger partial charge in [-0.2, -0.15) is 0 Å². The van der Waals surface area contributed by atoms with Crippen molar-refractivity contribution in [1.82, 2.24) is 0 Å². The first-order valence-corrected chi connectivity index (χ1v) is 8.27. The molecule has 23 heavy (non-hydrogen) atoms. The normalized spacial score (nSPS) is 11.3. The van der Waals surface area contributed by atoms with E-state index < -0.39 is 17.7 Å². The quantitative estimate of drug-likeness (QED) is 0.323. The second kappa shape index (κ2) is 6.89. The maximum atomic E-state index is 12.1. The highest BCUT2D eigenvalue weighted by molar-refractivity contribution is 9.08. The summed E-state index contributed by atoms with van der Waals surface area (Å²) in [4.78, 5) is 24.1. The number of carbonyl (C=O) groups is 2. The lowest BCUT2D eigenvalue weighted by molar-refractivity contribution is 0.0205. The molecule has 0 fully saturated rings. The Labute approximate surface area is 143 Å². The van der Waals surface area contributed by atoms with Crippen molar-refractivity contribution in [2.45, 2.75) is 31.7 Å². The van der Waals surface area contributed by atoms with E-state index in [4.69, 9.17) is 18.4 Å². The SMILES string of the molecule is CC(C)(C)OC(=O)Oc1c(C(=O)OP)c(CBr)cc2ccoc12. The predicted molar refractivity (Wildman–Crippen MR) is 90.8 cm³/mol. The van der Waals surface area contributed by atoms with Gasteiger partial charge in [0.2, 0.25) is 0 Å². The Morgan fingerprint density at radius 1 is 1.35 bits per heavy atom. The molecule has 2 rings (SSSR count). The van der Waals surface area contributed by atoms with Gasteiger partial charge in [0.15, 0.2) is 11.3 Å². The van der Waals surface area contributed by atoms with Gasteiger partial charge in [0.1, 0.15) is 11.2 Å². The maximum Gasteiger partial charge on any atom is 0.514 e. The fourth-order valence-electron chi connectivity index (χ4n) is 1.98. The van der Waals surface area contributed by atoms with E-state index in [0.717, 1.165) is 0 Å². The molecule has 1 unspecified atom stereocenters. The summed E-state index contributed by atoms with van der Waals surface area (Å²) in [7, 11) is 1.88. The van der Waals surface area contributed by atoms with E-state index in [2.05, 4.69) is 15.9 Å². The van der Waals surface area contributed by atoms with Crippen molar-refractivity contribution in [2.75, 3.05) is 0 Å². The second-order valence-corrected chi connectivity index (χ2v) is 6.48. The van der Waals surface area contributed by atoms with Crippen LogP contribution >= 0.6 is 25.4 Å². The number of alkyl halides is 1. The second-order valence-electron chi connectivity index (χ2n) is 5.68. The lowest BCUT2D eigenvalue weighted by Crippen LogP contribution is -2.26. The first-order chi connectivity index (χ1) is 10.8. The summed E-state index contributed by atoms with van der Waals surface area (Å²) in [5, 5.41) is 1.06. The zero-order valence-electron chi connectivity index (χ0n) is 12.8. The largest absolute Gasteiger partial charge is 0.514 e. The number of furan rings is 1. The fraction of sp³-hybridized carbons (Fsp3) is 0.333. The first-order valence-electron chi connectivity index (χ1n) is 6.67. The van der Waals surface area contributed by atoms with Gasteiger partial charge >= 0.3 is 12.1 Å². The molecule has 8 heteroatoms. The van der Waals surface area contributed by atoms with E-state index in [1.807, 2.05) is 9.47 Å². The standard InChI is InChI=1S/C15H16BrO6P/c1-15(2,3)21-14(18)20-12-10(13(17)22-23)9(7-16)6-8-4-5-19-11(8)12/h4-6H,7,23H2,1-3H3. The number of hydrogen-bond donors (Lipinski definition) is 0. The van der Waals surface area contributed by atoms with Gasteiger partial charge in [-0.25, -0.2) is 9.59 Å². The zero-order valence-corrected chi connectivity index (χ0v) is 15.6. The van der Waals surface area contributed by atoms with Crippen molar-refractivity contribution in [3.63, 3.8) is 0 Å². The average Bonchev–Trinajstić information content (AvgIpc) is 2.92. The summed E-state index contributed by atoms with van der Waals surface area (Å²) in [6.07, 6.45) is 0.514. The number of rotatable bonds is 3. The molecule has 0 spiro atoms. The monoisotopic (exact) mass is 402 g/mol. The fourth-order valence-corrected chi connectivity index (χ4v) is 2.54. The molecular weight excluding hydrogens is 387 g/mol. The molecule has 0 aliphatic heterocycles. The minimum atomic E-state index is -0.931. The van der Waals surface area contributed by atoms with E-state index in [1.54, 1.807) is 32.9 Å². The molecule has 0 saturated carbocycles. The van der Waals surface area contributed by atoms with Crippen LogP contribution in [-0.4, -0.2) is 17.7 Å². The predicted octanol–water partition coefficient (Wildman–Crippen LogP) is 4.59. The number of benzene rings is 1. The molecule has 1 aromatic heterocycles. The highest BCUT2D eigenvalue weighted by Crippen LogP contribution is 2.36. The van der Waals surface area contributed by atoms with Gasteiger partial charge in [0.25, 0.3) is 0 Å². The molecule has 0 radical (unpaired) electrons. The molecule has 0 saturated heterocycles. The van der Waals surface area contributed by atoms with Crippen molar-refractivity contribution >= 4 is 48.5 Å². The van der Waals surface area contributed by atoms with Gasteiger partial charge in [0.05, 0.1) is 15.7 Å². The molecule has 0 bridgehead atoms. The van der Waals surface area contributed by atoms with Gasteiger partial charge in [0, 0.05) is 10.7 Å². The van der Waals surface area contributed by atoms with Crippen LogP contribution in [0.5, 0.6) is 5.75 Å². The van der Waals surface area contributed by atoms with Crippen LogP contribution < -0.4 is 4.74 Å². The average molecular weight is 403 g/mol. The zero-order chi connectivity index (χ0) is 17.2. The molecule has 1 atom stereocenters. The molecular formula is C15H16BrO6P. The van der Waals surface area contributed by atoms with Gasteiger partial charge in [-0.15, -0.1) is 0 Å². The summed E-state index contributed by atoms with van der Waals surface area (Å²) in [6.45, 7) is 5.14. The Balaban J connectivity index is 2.56. The van der Waals surface area contributed by atoms with E-state index >= 15 is 0 Å². The molecule has 124 valence electrons. The summed E-state index contributed by atoms with van der Waals surface area (Å²) >= 11 is 3.31. The van der Waals surface area contributed by atoms with Crippen LogP contribution in [0.3, 0.4) is 0 Å². The summed E-state index contributed by atoms with van der Waals surface area (Å²) in [5.74, 6) is -0.690. The lowest BCUT2D eigenvalue weighted by Gasteiger charge is -2.19. The van der Waals surface area contributed by atoms with Crippen molar-refractivity contribution < 1.29 is 28.0 Å². The van der Waals surface area contributed by atoms with E-state index in [0.29, 0.717) is 16.3 Å². The van der Waals surface area contributed by atoms with Crippen molar-refractivity contribution in [1.29, 1.82) is 0 Å². The van der Waals surface area contributed by atoms with Gasteiger partial charge in [-0.05, 0) is 38.5 Å². The van der Waals surface area contributed by atoms with Crippen LogP contribution in [0.1, 0.15) is 36.7 Å². The van der Waals surface area contributed by atoms with Gasteiger partial charge in [-0.3, -0.25) is 0 Å². The van der Waals surface area contributed by atoms with Gasteiger partial charge < -0.3 is 18.4 Å². The third-order valence-corrected chi connectivity index (χ3v) is 3.63. The summed E-state index contributed by atoms with van der Waals surface area (Å²) < 4.78 is 20.5. The lowest BCUT2D eigenvalue weighted by atomic mass is 10.1. The Morgan fingerprint density at radius 2 is 2.04 bits per heavy atom. The maximum absolute atomic E-state index is 12.1. The number of fused-ring (bicyclic) bond motifs is 1. The van der Waals surface area contributed by atoms with Crippen molar-refractivity contribution in [3.8, 4) is 5.75 Å². The van der Waals surface area contributed by atoms with Crippen molar-refractivity contribution in [3.05, 3.63) is 29.5 Å². The topological polar surface area (TPSA) is 75.0 Å². The third kappa shape index (κ3) is 4.03. The van der Waals surface area contributed by atoms with E-state index in [1.165, 1.54) is 6.26 Å². The molecule has 1 heterocycles. The Hall–Kier alpha value is -1.59. The number of hydrogen-bond acceptors (Lipinski definition) is 6. The molecule has 1 aromatic carbocycles. The Bertz CT molecular complexity index is 746. The summed E-state index contributed by atoms with van der Waals surface area (Å²) in [6, 6.07) is 3.46. The number of halogens is 1. The minimum Gasteiger partial charge on any atom is -0.460 e. The van der Waals surface area contributed by atoms with Gasteiger partial charge in [-0.1, -0.05) is 15.9 Å². The third-order valence-electron chi connectivity index (χ3n) is 2.81.